The number of carbonyl (C=O) groups is 1. The zero-order valence-corrected chi connectivity index (χ0v) is 20.0. The van der Waals surface area contributed by atoms with Crippen molar-refractivity contribution < 1.29 is 4.79 Å². The van der Waals surface area contributed by atoms with Crippen LogP contribution >= 0.6 is 11.6 Å². The molecule has 7 heteroatoms. The Balaban J connectivity index is 1.51. The van der Waals surface area contributed by atoms with Gasteiger partial charge in [0.25, 0.3) is 0 Å². The summed E-state index contributed by atoms with van der Waals surface area (Å²) in [5, 5.41) is 3.63. The largest absolute Gasteiger partial charge is 0.354 e. The van der Waals surface area contributed by atoms with Crippen molar-refractivity contribution >= 4 is 29.1 Å². The number of rotatable bonds is 5. The highest BCUT2D eigenvalue weighted by molar-refractivity contribution is 6.30. The number of urea groups is 1. The number of aromatic nitrogens is 2. The van der Waals surface area contributed by atoms with Gasteiger partial charge in [0.15, 0.2) is 0 Å². The topological polar surface area (TPSA) is 61.4 Å². The SMILES string of the molecule is CCc1nc(C)nc(N2CCCN(C(=O)Nc3ccc(Cl)cc3)CC2)c1Cc1ccccc1. The fraction of sp³-hybridized carbons (Fsp3) is 0.346. The molecule has 2 heterocycles. The van der Waals surface area contributed by atoms with Gasteiger partial charge in [0, 0.05) is 54.6 Å². The molecule has 0 aliphatic carbocycles. The summed E-state index contributed by atoms with van der Waals surface area (Å²) in [6.45, 7) is 7.02. The van der Waals surface area contributed by atoms with Crippen molar-refractivity contribution in [3.63, 3.8) is 0 Å². The minimum absolute atomic E-state index is 0.0863. The first-order valence-corrected chi connectivity index (χ1v) is 11.9. The van der Waals surface area contributed by atoms with Gasteiger partial charge in [-0.15, -0.1) is 0 Å². The van der Waals surface area contributed by atoms with E-state index < -0.39 is 0 Å². The molecular weight excluding hydrogens is 434 g/mol. The van der Waals surface area contributed by atoms with E-state index in [0.29, 0.717) is 18.1 Å². The van der Waals surface area contributed by atoms with Crippen LogP contribution in [-0.4, -0.2) is 47.1 Å². The third-order valence-corrected chi connectivity index (χ3v) is 6.17. The molecule has 0 atom stereocenters. The number of nitrogens with one attached hydrogen (secondary N) is 1. The van der Waals surface area contributed by atoms with E-state index in [9.17, 15) is 4.79 Å². The lowest BCUT2D eigenvalue weighted by Gasteiger charge is -2.26. The van der Waals surface area contributed by atoms with Crippen molar-refractivity contribution in [1.82, 2.24) is 14.9 Å². The third-order valence-electron chi connectivity index (χ3n) is 5.92. The monoisotopic (exact) mass is 463 g/mol. The Morgan fingerprint density at radius 1 is 1.00 bits per heavy atom. The van der Waals surface area contributed by atoms with Crippen molar-refractivity contribution in [2.45, 2.75) is 33.1 Å². The summed E-state index contributed by atoms with van der Waals surface area (Å²) in [5.74, 6) is 1.79. The fourth-order valence-corrected chi connectivity index (χ4v) is 4.37. The summed E-state index contributed by atoms with van der Waals surface area (Å²) < 4.78 is 0. The maximum atomic E-state index is 12.8. The van der Waals surface area contributed by atoms with Crippen molar-refractivity contribution in [2.24, 2.45) is 0 Å². The highest BCUT2D eigenvalue weighted by Crippen LogP contribution is 2.26. The van der Waals surface area contributed by atoms with Crippen molar-refractivity contribution in [1.29, 1.82) is 0 Å². The Morgan fingerprint density at radius 2 is 1.76 bits per heavy atom. The van der Waals surface area contributed by atoms with E-state index in [-0.39, 0.29) is 6.03 Å². The van der Waals surface area contributed by atoms with E-state index in [2.05, 4.69) is 41.4 Å². The smallest absolute Gasteiger partial charge is 0.321 e. The van der Waals surface area contributed by atoms with Crippen LogP contribution in [0.15, 0.2) is 54.6 Å². The zero-order chi connectivity index (χ0) is 23.2. The number of aryl methyl sites for hydroxylation is 2. The molecule has 6 nitrogen and oxygen atoms in total. The second kappa shape index (κ2) is 10.7. The molecule has 2 amide bonds. The van der Waals surface area contributed by atoms with Crippen LogP contribution in [0.4, 0.5) is 16.3 Å². The molecule has 2 aromatic carbocycles. The lowest BCUT2D eigenvalue weighted by Crippen LogP contribution is -2.38. The second-order valence-corrected chi connectivity index (χ2v) is 8.74. The van der Waals surface area contributed by atoms with Gasteiger partial charge in [0.2, 0.25) is 0 Å². The lowest BCUT2D eigenvalue weighted by atomic mass is 10.0. The van der Waals surface area contributed by atoms with E-state index in [1.807, 2.05) is 30.0 Å². The van der Waals surface area contributed by atoms with Crippen LogP contribution in [0, 0.1) is 6.92 Å². The average Bonchev–Trinajstić information content (AvgIpc) is 3.08. The standard InChI is InChI=1S/C26H30ClN5O/c1-3-24-23(18-20-8-5-4-6-9-20)25(29-19(2)28-24)31-14-7-15-32(17-16-31)26(33)30-22-12-10-21(27)11-13-22/h4-6,8-13H,3,7,14-18H2,1-2H3,(H,30,33). The number of amides is 2. The Kier molecular flexibility index (Phi) is 7.45. The van der Waals surface area contributed by atoms with Gasteiger partial charge in [0.05, 0.1) is 0 Å². The minimum Gasteiger partial charge on any atom is -0.354 e. The zero-order valence-electron chi connectivity index (χ0n) is 19.2. The predicted molar refractivity (Wildman–Crippen MR) is 134 cm³/mol. The normalized spacial score (nSPS) is 14.2. The summed E-state index contributed by atoms with van der Waals surface area (Å²) in [6.07, 6.45) is 2.54. The summed E-state index contributed by atoms with van der Waals surface area (Å²) in [7, 11) is 0. The molecule has 0 spiro atoms. The van der Waals surface area contributed by atoms with E-state index in [4.69, 9.17) is 21.6 Å². The van der Waals surface area contributed by atoms with Gasteiger partial charge in [-0.3, -0.25) is 0 Å². The molecule has 0 radical (unpaired) electrons. The molecule has 1 saturated heterocycles. The maximum absolute atomic E-state index is 12.8. The Labute approximate surface area is 200 Å². The van der Waals surface area contributed by atoms with E-state index >= 15 is 0 Å². The molecule has 0 unspecified atom stereocenters. The number of hydrogen-bond donors (Lipinski definition) is 1. The lowest BCUT2D eigenvalue weighted by molar-refractivity contribution is 0.215. The number of benzene rings is 2. The van der Waals surface area contributed by atoms with Crippen molar-refractivity contribution in [3.05, 3.63) is 82.3 Å². The Bertz CT molecular complexity index is 1090. The first-order valence-electron chi connectivity index (χ1n) is 11.5. The summed E-state index contributed by atoms with van der Waals surface area (Å²) in [5.41, 5.74) is 4.28. The molecule has 4 rings (SSSR count). The molecule has 1 aromatic heterocycles. The first-order chi connectivity index (χ1) is 16.0. The van der Waals surface area contributed by atoms with Crippen LogP contribution in [-0.2, 0) is 12.8 Å². The van der Waals surface area contributed by atoms with Crippen molar-refractivity contribution in [2.75, 3.05) is 36.4 Å². The number of anilines is 2. The van der Waals surface area contributed by atoms with Gasteiger partial charge in [-0.25, -0.2) is 14.8 Å². The third kappa shape index (κ3) is 5.82. The molecule has 0 saturated carbocycles. The van der Waals surface area contributed by atoms with Crippen LogP contribution in [0.3, 0.4) is 0 Å². The molecule has 1 N–H and O–H groups in total. The molecule has 0 bridgehead atoms. The van der Waals surface area contributed by atoms with Crippen LogP contribution < -0.4 is 10.2 Å². The van der Waals surface area contributed by atoms with Gasteiger partial charge < -0.3 is 15.1 Å². The highest BCUT2D eigenvalue weighted by atomic mass is 35.5. The number of carbonyl (C=O) groups excluding carboxylic acids is 1. The van der Waals surface area contributed by atoms with Gasteiger partial charge in [-0.1, -0.05) is 48.9 Å². The van der Waals surface area contributed by atoms with E-state index in [1.165, 1.54) is 11.1 Å². The molecule has 1 aliphatic rings. The molecule has 172 valence electrons. The number of hydrogen-bond acceptors (Lipinski definition) is 4. The van der Waals surface area contributed by atoms with Gasteiger partial charge in [0.1, 0.15) is 11.6 Å². The predicted octanol–water partition coefficient (Wildman–Crippen LogP) is 5.34. The summed E-state index contributed by atoms with van der Waals surface area (Å²) >= 11 is 5.95. The van der Waals surface area contributed by atoms with Gasteiger partial charge in [-0.2, -0.15) is 0 Å². The van der Waals surface area contributed by atoms with Crippen LogP contribution in [0.2, 0.25) is 5.02 Å². The highest BCUT2D eigenvalue weighted by Gasteiger charge is 2.23. The van der Waals surface area contributed by atoms with E-state index in [1.54, 1.807) is 12.1 Å². The molecular formula is C26H30ClN5O. The minimum atomic E-state index is -0.0863. The van der Waals surface area contributed by atoms with Crippen LogP contribution in [0.5, 0.6) is 0 Å². The van der Waals surface area contributed by atoms with E-state index in [0.717, 1.165) is 55.4 Å². The molecule has 1 fully saturated rings. The quantitative estimate of drug-likeness (QED) is 0.555. The summed E-state index contributed by atoms with van der Waals surface area (Å²) in [6, 6.07) is 17.6. The van der Waals surface area contributed by atoms with Crippen molar-refractivity contribution in [3.8, 4) is 0 Å². The van der Waals surface area contributed by atoms with Gasteiger partial charge in [-0.05, 0) is 49.6 Å². The fourth-order valence-electron chi connectivity index (χ4n) is 4.24. The Hall–Kier alpha value is -3.12. The average molecular weight is 464 g/mol. The molecule has 33 heavy (non-hydrogen) atoms. The maximum Gasteiger partial charge on any atom is 0.321 e. The molecule has 3 aromatic rings. The van der Waals surface area contributed by atoms with Gasteiger partial charge >= 0.3 is 6.03 Å². The number of nitrogens with zero attached hydrogens (tertiary/aromatic N) is 4. The van der Waals surface area contributed by atoms with Crippen LogP contribution in [0.25, 0.3) is 0 Å². The summed E-state index contributed by atoms with van der Waals surface area (Å²) in [4.78, 5) is 26.7. The number of halogens is 1. The Morgan fingerprint density at radius 3 is 2.48 bits per heavy atom. The van der Waals surface area contributed by atoms with Crippen LogP contribution in [0.1, 0.15) is 36.0 Å². The second-order valence-electron chi connectivity index (χ2n) is 8.30. The first kappa shape index (κ1) is 23.1. The molecule has 1 aliphatic heterocycles.